The number of nitro benzene ring substituents is 1. The predicted octanol–water partition coefficient (Wildman–Crippen LogP) is -0.319. The van der Waals surface area contributed by atoms with Crippen LogP contribution < -0.4 is 32.6 Å². The van der Waals surface area contributed by atoms with E-state index in [1.54, 1.807) is 12.1 Å². The average molecular weight is 426 g/mol. The van der Waals surface area contributed by atoms with E-state index in [1.165, 1.54) is 12.1 Å². The molecule has 0 aromatic heterocycles. The standard InChI is InChI=1S/C19H15N5O2.BrH/c25-24(26)18-13-11-15(12-14-18)19-20-22(16-7-3-1-4-8-16)23(21-19)17-9-5-2-6-10-17;/h1-14H,(H,20,21);1H. The monoisotopic (exact) mass is 425 g/mol. The van der Waals surface area contributed by atoms with E-state index in [2.05, 4.69) is 0 Å². The quantitative estimate of drug-likeness (QED) is 0.353. The minimum Gasteiger partial charge on any atom is -1.00 e. The van der Waals surface area contributed by atoms with Crippen molar-refractivity contribution < 1.29 is 27.3 Å². The Morgan fingerprint density at radius 1 is 0.815 bits per heavy atom. The van der Waals surface area contributed by atoms with Gasteiger partial charge < -0.3 is 17.0 Å². The van der Waals surface area contributed by atoms with E-state index in [4.69, 9.17) is 5.10 Å². The van der Waals surface area contributed by atoms with Crippen LogP contribution in [0.4, 0.5) is 17.1 Å². The molecule has 2 N–H and O–H groups in total. The van der Waals surface area contributed by atoms with Gasteiger partial charge in [-0.25, -0.2) is 0 Å². The molecule has 0 unspecified atom stereocenters. The molecular weight excluding hydrogens is 410 g/mol. The van der Waals surface area contributed by atoms with Gasteiger partial charge >= 0.3 is 0 Å². The Morgan fingerprint density at radius 2 is 1.37 bits per heavy atom. The summed E-state index contributed by atoms with van der Waals surface area (Å²) in [5.41, 5.74) is 4.69. The molecule has 7 nitrogen and oxygen atoms in total. The highest BCUT2D eigenvalue weighted by Gasteiger charge is 2.31. The fourth-order valence-electron chi connectivity index (χ4n) is 2.74. The number of benzene rings is 3. The van der Waals surface area contributed by atoms with Gasteiger partial charge in [0.25, 0.3) is 11.5 Å². The number of nitro groups is 1. The zero-order valence-corrected chi connectivity index (χ0v) is 15.7. The van der Waals surface area contributed by atoms with Gasteiger partial charge in [-0.1, -0.05) is 41.5 Å². The second kappa shape index (κ2) is 7.98. The van der Waals surface area contributed by atoms with Gasteiger partial charge in [0.15, 0.2) is 0 Å². The third-order valence-electron chi connectivity index (χ3n) is 4.03. The Bertz CT molecular complexity index is 949. The Kier molecular flexibility index (Phi) is 5.49. The molecule has 0 bridgehead atoms. The zero-order valence-electron chi connectivity index (χ0n) is 14.1. The van der Waals surface area contributed by atoms with Crippen molar-refractivity contribution in [2.45, 2.75) is 0 Å². The van der Waals surface area contributed by atoms with Crippen LogP contribution in [0.2, 0.25) is 0 Å². The van der Waals surface area contributed by atoms with E-state index in [0.29, 0.717) is 0 Å². The van der Waals surface area contributed by atoms with Gasteiger partial charge in [-0.15, -0.1) is 10.2 Å². The number of rotatable bonds is 4. The highest BCUT2D eigenvalue weighted by atomic mass is 79.9. The third-order valence-corrected chi connectivity index (χ3v) is 4.03. The maximum absolute atomic E-state index is 10.9. The molecule has 4 rings (SSSR count). The van der Waals surface area contributed by atoms with Gasteiger partial charge in [0.2, 0.25) is 0 Å². The SMILES string of the molecule is O=[N+]([O-])c1ccc(C2=NN(c3ccccc3)N(c3ccccc3)[NH2+]2)cc1.[Br-]. The molecule has 1 aliphatic heterocycles. The summed E-state index contributed by atoms with van der Waals surface area (Å²) in [6.45, 7) is 0. The van der Waals surface area contributed by atoms with Crippen LogP contribution in [-0.2, 0) is 0 Å². The van der Waals surface area contributed by atoms with Crippen molar-refractivity contribution in [3.63, 3.8) is 0 Å². The number of para-hydroxylation sites is 2. The Morgan fingerprint density at radius 3 is 1.93 bits per heavy atom. The molecule has 0 spiro atoms. The second-order valence-corrected chi connectivity index (χ2v) is 5.72. The first-order valence-electron chi connectivity index (χ1n) is 8.10. The number of hydrogen-bond acceptors (Lipinski definition) is 5. The van der Waals surface area contributed by atoms with Crippen molar-refractivity contribution in [1.29, 1.82) is 0 Å². The van der Waals surface area contributed by atoms with E-state index in [9.17, 15) is 10.1 Å². The first-order valence-corrected chi connectivity index (χ1v) is 8.10. The van der Waals surface area contributed by atoms with Crippen molar-refractivity contribution in [2.24, 2.45) is 5.10 Å². The smallest absolute Gasteiger partial charge is 0.277 e. The van der Waals surface area contributed by atoms with E-state index < -0.39 is 4.92 Å². The van der Waals surface area contributed by atoms with Crippen LogP contribution in [0, 0.1) is 10.1 Å². The van der Waals surface area contributed by atoms with Gasteiger partial charge in [-0.3, -0.25) is 10.1 Å². The van der Waals surface area contributed by atoms with Crippen LogP contribution in [0.25, 0.3) is 0 Å². The first-order chi connectivity index (χ1) is 12.7. The summed E-state index contributed by atoms with van der Waals surface area (Å²) < 4.78 is 0. The molecule has 0 amide bonds. The summed E-state index contributed by atoms with van der Waals surface area (Å²) in [5.74, 6) is 0.729. The number of hydrogen-bond donors (Lipinski definition) is 1. The number of quaternary nitrogens is 1. The topological polar surface area (TPSA) is 78.6 Å². The lowest BCUT2D eigenvalue weighted by atomic mass is 10.2. The van der Waals surface area contributed by atoms with Crippen molar-refractivity contribution in [3.8, 4) is 0 Å². The number of amidine groups is 1. The van der Waals surface area contributed by atoms with E-state index in [-0.39, 0.29) is 22.7 Å². The summed E-state index contributed by atoms with van der Waals surface area (Å²) in [6.07, 6.45) is 0. The highest BCUT2D eigenvalue weighted by molar-refractivity contribution is 5.94. The summed E-state index contributed by atoms with van der Waals surface area (Å²) in [7, 11) is 0. The number of hydrazone groups is 1. The van der Waals surface area contributed by atoms with Gasteiger partial charge in [0.05, 0.1) is 16.2 Å². The van der Waals surface area contributed by atoms with E-state index in [0.717, 1.165) is 22.8 Å². The van der Waals surface area contributed by atoms with Crippen LogP contribution in [0.5, 0.6) is 0 Å². The van der Waals surface area contributed by atoms with Gasteiger partial charge in [-0.05, 0) is 36.4 Å². The molecular formula is C19H16BrN5O2. The van der Waals surface area contributed by atoms with Crippen LogP contribution in [0.1, 0.15) is 5.56 Å². The number of nitrogens with zero attached hydrogens (tertiary/aromatic N) is 4. The average Bonchev–Trinajstić information content (AvgIpc) is 3.15. The van der Waals surface area contributed by atoms with Gasteiger partial charge in [0.1, 0.15) is 5.69 Å². The molecule has 1 aliphatic rings. The minimum atomic E-state index is -0.406. The summed E-state index contributed by atoms with van der Waals surface area (Å²) >= 11 is 0. The normalized spacial score (nSPS) is 13.1. The number of nitrogens with two attached hydrogens (primary N) is 1. The molecule has 0 radical (unpaired) electrons. The fourth-order valence-corrected chi connectivity index (χ4v) is 2.74. The molecule has 3 aromatic rings. The van der Waals surface area contributed by atoms with E-state index >= 15 is 0 Å². The predicted molar refractivity (Wildman–Crippen MR) is 99.4 cm³/mol. The molecule has 27 heavy (non-hydrogen) atoms. The third kappa shape index (κ3) is 3.81. The van der Waals surface area contributed by atoms with Crippen LogP contribution >= 0.6 is 0 Å². The molecule has 1 heterocycles. The molecule has 3 aromatic carbocycles. The lowest BCUT2D eigenvalue weighted by Gasteiger charge is -2.23. The van der Waals surface area contributed by atoms with Crippen molar-refractivity contribution in [3.05, 3.63) is 101 Å². The summed E-state index contributed by atoms with van der Waals surface area (Å²) in [4.78, 5) is 10.5. The van der Waals surface area contributed by atoms with Crippen molar-refractivity contribution >= 4 is 22.9 Å². The maximum Gasteiger partial charge on any atom is 0.277 e. The molecule has 8 heteroatoms. The number of non-ortho nitro benzene ring substituents is 1. The Labute approximate surface area is 166 Å². The number of anilines is 2. The number of hydrazine groups is 1. The van der Waals surface area contributed by atoms with Crippen LogP contribution in [-0.4, -0.2) is 10.8 Å². The highest BCUT2D eigenvalue weighted by Crippen LogP contribution is 2.22. The maximum atomic E-state index is 10.9. The lowest BCUT2D eigenvalue weighted by Crippen LogP contribution is -3.00. The number of halogens is 1. The van der Waals surface area contributed by atoms with E-state index in [1.807, 2.05) is 76.3 Å². The van der Waals surface area contributed by atoms with Crippen molar-refractivity contribution in [1.82, 2.24) is 0 Å². The Balaban J connectivity index is 0.00000210. The molecule has 136 valence electrons. The Hall–Kier alpha value is -3.23. The minimum absolute atomic E-state index is 0. The fraction of sp³-hybridized carbons (Fsp3) is 0. The van der Waals surface area contributed by atoms with Crippen molar-refractivity contribution in [2.75, 3.05) is 10.2 Å². The van der Waals surface area contributed by atoms with Crippen LogP contribution in [0.3, 0.4) is 0 Å². The van der Waals surface area contributed by atoms with Gasteiger partial charge in [0, 0.05) is 12.1 Å². The largest absolute Gasteiger partial charge is 1.00 e. The summed E-state index contributed by atoms with van der Waals surface area (Å²) in [6, 6.07) is 26.1. The molecule has 0 fully saturated rings. The lowest BCUT2D eigenvalue weighted by molar-refractivity contribution is -0.545. The summed E-state index contributed by atoms with van der Waals surface area (Å²) in [5, 5.41) is 19.3. The van der Waals surface area contributed by atoms with Gasteiger partial charge in [-0.2, -0.15) is 5.43 Å². The molecule has 0 atom stereocenters. The second-order valence-electron chi connectivity index (χ2n) is 5.72. The molecule has 0 aliphatic carbocycles. The zero-order chi connectivity index (χ0) is 17.9. The van der Waals surface area contributed by atoms with Crippen LogP contribution in [0.15, 0.2) is 90.0 Å². The first kappa shape index (κ1) is 18.6. The molecule has 0 saturated carbocycles. The molecule has 0 saturated heterocycles.